The Morgan fingerprint density at radius 3 is 2.36 bits per heavy atom. The molecule has 9 nitrogen and oxygen atoms in total. The van der Waals surface area contributed by atoms with E-state index in [1.165, 1.54) is 31.7 Å². The monoisotopic (exact) mass is 651 g/mol. The lowest BCUT2D eigenvalue weighted by atomic mass is 10.0. The maximum Gasteiger partial charge on any atom is 0.420 e. The third kappa shape index (κ3) is 7.93. The average molecular weight is 652 g/mol. The Balaban J connectivity index is 1.16. The van der Waals surface area contributed by atoms with Gasteiger partial charge in [-0.2, -0.15) is 23.4 Å². The van der Waals surface area contributed by atoms with E-state index in [2.05, 4.69) is 20.4 Å². The molecule has 12 heteroatoms. The molecule has 3 heterocycles. The van der Waals surface area contributed by atoms with Crippen molar-refractivity contribution >= 4 is 11.8 Å². The van der Waals surface area contributed by atoms with E-state index >= 15 is 0 Å². The fraction of sp³-hybridized carbons (Fsp3) is 0.486. The summed E-state index contributed by atoms with van der Waals surface area (Å²) in [5.41, 5.74) is 1.56. The molecule has 3 aromatic rings. The van der Waals surface area contributed by atoms with Gasteiger partial charge >= 0.3 is 6.18 Å². The zero-order chi connectivity index (χ0) is 33.1. The van der Waals surface area contributed by atoms with Gasteiger partial charge in [-0.3, -0.25) is 9.59 Å². The van der Waals surface area contributed by atoms with Gasteiger partial charge in [-0.1, -0.05) is 25.8 Å². The van der Waals surface area contributed by atoms with Gasteiger partial charge in [0.1, 0.15) is 17.2 Å². The summed E-state index contributed by atoms with van der Waals surface area (Å²) in [6.45, 7) is 5.02. The van der Waals surface area contributed by atoms with Crippen LogP contribution in [0.15, 0.2) is 54.6 Å². The third-order valence-corrected chi connectivity index (χ3v) is 9.46. The van der Waals surface area contributed by atoms with Crippen molar-refractivity contribution in [3.8, 4) is 22.8 Å². The van der Waals surface area contributed by atoms with Gasteiger partial charge in [-0.15, -0.1) is 0 Å². The van der Waals surface area contributed by atoms with Gasteiger partial charge in [0, 0.05) is 61.4 Å². The molecule has 6 rings (SSSR count). The highest BCUT2D eigenvalue weighted by Crippen LogP contribution is 2.33. The summed E-state index contributed by atoms with van der Waals surface area (Å²) >= 11 is 0. The Bertz CT molecular complexity index is 1550. The minimum absolute atomic E-state index is 0.0773. The number of carbonyl (C=O) groups excluding carboxylic acids is 2. The molecule has 1 aliphatic carbocycles. The molecule has 2 aromatic carbocycles. The van der Waals surface area contributed by atoms with Crippen molar-refractivity contribution in [2.24, 2.45) is 5.92 Å². The molecule has 2 saturated heterocycles. The first-order valence-corrected chi connectivity index (χ1v) is 16.4. The van der Waals surface area contributed by atoms with E-state index in [0.29, 0.717) is 53.9 Å². The average Bonchev–Trinajstić information content (AvgIpc) is 3.71. The van der Waals surface area contributed by atoms with E-state index in [4.69, 9.17) is 4.74 Å². The quantitative estimate of drug-likeness (QED) is 0.291. The maximum atomic E-state index is 13.4. The normalized spacial score (nSPS) is 20.5. The highest BCUT2D eigenvalue weighted by molar-refractivity contribution is 5.95. The van der Waals surface area contributed by atoms with Crippen molar-refractivity contribution in [2.75, 3.05) is 19.6 Å². The zero-order valence-corrected chi connectivity index (χ0v) is 26.4. The first-order chi connectivity index (χ1) is 22.5. The summed E-state index contributed by atoms with van der Waals surface area (Å²) in [7, 11) is 0. The number of amides is 2. The second-order valence-electron chi connectivity index (χ2n) is 13.0. The number of hydrogen-bond donors (Lipinski definition) is 2. The Morgan fingerprint density at radius 2 is 1.74 bits per heavy atom. The molecule has 1 aromatic heterocycles. The number of piperidine rings is 1. The van der Waals surface area contributed by atoms with Crippen molar-refractivity contribution in [2.45, 2.75) is 82.8 Å². The number of alkyl halides is 3. The second kappa shape index (κ2) is 14.0. The number of aliphatic hydroxyl groups excluding tert-OH is 1. The van der Waals surface area contributed by atoms with Gasteiger partial charge in [-0.25, -0.2) is 0 Å². The van der Waals surface area contributed by atoms with Crippen LogP contribution in [-0.2, 0) is 11.3 Å². The van der Waals surface area contributed by atoms with Gasteiger partial charge < -0.3 is 25.0 Å². The topological polar surface area (TPSA) is 108 Å². The third-order valence-electron chi connectivity index (χ3n) is 9.46. The fourth-order valence-electron chi connectivity index (χ4n) is 6.83. The number of nitrogens with zero attached hydrogens (tertiary/aromatic N) is 4. The van der Waals surface area contributed by atoms with E-state index in [-0.39, 0.29) is 23.8 Å². The largest absolute Gasteiger partial charge is 0.457 e. The smallest absolute Gasteiger partial charge is 0.420 e. The SMILES string of the molecule is C[C@H]1CC(=O)N(Cc2ccc(C(=O)NC3CCN(C4CCCC4)CC3)cc2Oc2ccc(-c3ccc(C(O)C(F)(F)F)nn3)cc2)C1. The molecule has 0 bridgehead atoms. The number of aliphatic hydroxyl groups is 1. The summed E-state index contributed by atoms with van der Waals surface area (Å²) in [5.74, 6) is 1.09. The molecule has 0 spiro atoms. The standard InChI is InChI=1S/C35H40F3N5O4/c1-22-18-32(44)43(20-22)21-25-7-6-24(34(46)39-26-14-16-42(17-15-26)27-4-2-3-5-27)19-31(25)47-28-10-8-23(9-11-28)29-12-13-30(41-40-29)33(45)35(36,37)38/h6-13,19,22,26-27,33,45H,2-5,14-18,20-21H2,1H3,(H,39,46)/t22-,33?/m0/s1. The molecule has 2 atom stereocenters. The van der Waals surface area contributed by atoms with Gasteiger partial charge in [0.05, 0.1) is 5.69 Å². The Morgan fingerprint density at radius 1 is 1.02 bits per heavy atom. The molecule has 0 radical (unpaired) electrons. The maximum absolute atomic E-state index is 13.4. The molecule has 47 heavy (non-hydrogen) atoms. The number of rotatable bonds is 9. The zero-order valence-electron chi connectivity index (χ0n) is 26.4. The first kappa shape index (κ1) is 32.9. The summed E-state index contributed by atoms with van der Waals surface area (Å²) < 4.78 is 44.8. The molecule has 3 aliphatic rings. The summed E-state index contributed by atoms with van der Waals surface area (Å²) in [4.78, 5) is 30.3. The molecule has 2 N–H and O–H groups in total. The van der Waals surface area contributed by atoms with Gasteiger partial charge in [0.15, 0.2) is 6.10 Å². The molecule has 2 amide bonds. The molecule has 1 unspecified atom stereocenters. The lowest BCUT2D eigenvalue weighted by Crippen LogP contribution is -2.47. The summed E-state index contributed by atoms with van der Waals surface area (Å²) in [6.07, 6.45) is -0.0553. The van der Waals surface area contributed by atoms with Gasteiger partial charge in [-0.05, 0) is 80.1 Å². The van der Waals surface area contributed by atoms with Crippen LogP contribution in [0.2, 0.25) is 0 Å². The lowest BCUT2D eigenvalue weighted by Gasteiger charge is -2.36. The molecule has 3 fully saturated rings. The lowest BCUT2D eigenvalue weighted by molar-refractivity contribution is -0.208. The number of halogens is 3. The van der Waals surface area contributed by atoms with E-state index in [1.54, 1.807) is 41.3 Å². The van der Waals surface area contributed by atoms with Crippen LogP contribution in [0.1, 0.15) is 79.6 Å². The van der Waals surface area contributed by atoms with Crippen LogP contribution >= 0.6 is 0 Å². The molecule has 250 valence electrons. The number of ether oxygens (including phenoxy) is 1. The van der Waals surface area contributed by atoms with E-state index in [9.17, 15) is 27.9 Å². The van der Waals surface area contributed by atoms with Crippen LogP contribution < -0.4 is 10.1 Å². The van der Waals surface area contributed by atoms with Crippen molar-refractivity contribution in [1.29, 1.82) is 0 Å². The second-order valence-corrected chi connectivity index (χ2v) is 13.0. The van der Waals surface area contributed by atoms with Crippen LogP contribution in [0.25, 0.3) is 11.3 Å². The Kier molecular flexibility index (Phi) is 9.79. The number of carbonyl (C=O) groups is 2. The Labute approximate surface area is 272 Å². The number of nitrogens with one attached hydrogen (secondary N) is 1. The van der Waals surface area contributed by atoms with Crippen LogP contribution in [0, 0.1) is 5.92 Å². The molecular weight excluding hydrogens is 611 g/mol. The van der Waals surface area contributed by atoms with Gasteiger partial charge in [0.25, 0.3) is 5.91 Å². The molecule has 2 aliphatic heterocycles. The van der Waals surface area contributed by atoms with E-state index in [1.807, 2.05) is 13.0 Å². The fourth-order valence-corrected chi connectivity index (χ4v) is 6.83. The number of hydrogen-bond acceptors (Lipinski definition) is 7. The molecular formula is C35H40F3N5O4. The highest BCUT2D eigenvalue weighted by atomic mass is 19.4. The van der Waals surface area contributed by atoms with Crippen molar-refractivity contribution in [1.82, 2.24) is 25.3 Å². The van der Waals surface area contributed by atoms with Crippen LogP contribution in [0.4, 0.5) is 13.2 Å². The van der Waals surface area contributed by atoms with Crippen LogP contribution in [0.5, 0.6) is 11.5 Å². The van der Waals surface area contributed by atoms with Crippen molar-refractivity contribution in [3.05, 3.63) is 71.4 Å². The van der Waals surface area contributed by atoms with Crippen LogP contribution in [-0.4, -0.2) is 74.8 Å². The summed E-state index contributed by atoms with van der Waals surface area (Å²) in [5, 5.41) is 20.0. The van der Waals surface area contributed by atoms with Crippen molar-refractivity contribution < 1.29 is 32.6 Å². The van der Waals surface area contributed by atoms with E-state index < -0.39 is 18.0 Å². The van der Waals surface area contributed by atoms with Crippen molar-refractivity contribution in [3.63, 3.8) is 0 Å². The predicted molar refractivity (Wildman–Crippen MR) is 169 cm³/mol. The number of aromatic nitrogens is 2. The number of benzene rings is 2. The minimum Gasteiger partial charge on any atom is -0.457 e. The minimum atomic E-state index is -4.83. The molecule has 1 saturated carbocycles. The number of likely N-dealkylation sites (tertiary alicyclic amines) is 2. The first-order valence-electron chi connectivity index (χ1n) is 16.4. The highest BCUT2D eigenvalue weighted by Gasteiger charge is 2.40. The van der Waals surface area contributed by atoms with E-state index in [0.717, 1.165) is 37.6 Å². The summed E-state index contributed by atoms with van der Waals surface area (Å²) in [6, 6.07) is 15.3. The predicted octanol–water partition coefficient (Wildman–Crippen LogP) is 6.04. The van der Waals surface area contributed by atoms with Crippen LogP contribution in [0.3, 0.4) is 0 Å². The van der Waals surface area contributed by atoms with Gasteiger partial charge in [0.2, 0.25) is 5.91 Å². The Hall–Kier alpha value is -4.03.